The van der Waals surface area contributed by atoms with Crippen LogP contribution in [0.3, 0.4) is 0 Å². The van der Waals surface area contributed by atoms with Gasteiger partial charge in [0.15, 0.2) is 0 Å². The van der Waals surface area contributed by atoms with Gasteiger partial charge in [-0.3, -0.25) is 4.79 Å². The SMILES string of the molecule is Cc1cc(C(=O)NC(C)c2ccco2)sc1Br. The van der Waals surface area contributed by atoms with Crippen LogP contribution in [-0.4, -0.2) is 5.91 Å². The third-order valence-electron chi connectivity index (χ3n) is 2.40. The smallest absolute Gasteiger partial charge is 0.261 e. The highest BCUT2D eigenvalue weighted by molar-refractivity contribution is 9.11. The van der Waals surface area contributed by atoms with Crippen molar-refractivity contribution in [3.8, 4) is 0 Å². The average Bonchev–Trinajstić information content (AvgIpc) is 2.89. The fourth-order valence-corrected chi connectivity index (χ4v) is 2.89. The highest BCUT2D eigenvalue weighted by Crippen LogP contribution is 2.27. The number of carbonyl (C=O) groups excluding carboxylic acids is 1. The molecular formula is C12H12BrNO2S. The molecule has 2 rings (SSSR count). The van der Waals surface area contributed by atoms with E-state index in [1.165, 1.54) is 11.3 Å². The van der Waals surface area contributed by atoms with Gasteiger partial charge < -0.3 is 9.73 Å². The molecule has 3 nitrogen and oxygen atoms in total. The fraction of sp³-hybridized carbons (Fsp3) is 0.250. The molecule has 5 heteroatoms. The number of hydrogen-bond donors (Lipinski definition) is 1. The third-order valence-corrected chi connectivity index (χ3v) is 4.53. The lowest BCUT2D eigenvalue weighted by atomic mass is 10.2. The second-order valence-electron chi connectivity index (χ2n) is 3.78. The van der Waals surface area contributed by atoms with Crippen LogP contribution in [0.5, 0.6) is 0 Å². The molecule has 0 aliphatic rings. The first-order valence-electron chi connectivity index (χ1n) is 5.18. The van der Waals surface area contributed by atoms with Gasteiger partial charge in [-0.2, -0.15) is 0 Å². The van der Waals surface area contributed by atoms with Gasteiger partial charge in [-0.1, -0.05) is 0 Å². The predicted octanol–water partition coefficient (Wildman–Crippen LogP) is 3.90. The standard InChI is InChI=1S/C12H12BrNO2S/c1-7-6-10(17-11(7)13)12(15)14-8(2)9-4-3-5-16-9/h3-6,8H,1-2H3,(H,14,15). The van der Waals surface area contributed by atoms with Crippen molar-refractivity contribution in [2.24, 2.45) is 0 Å². The van der Waals surface area contributed by atoms with Crippen LogP contribution in [0.2, 0.25) is 0 Å². The molecule has 90 valence electrons. The topological polar surface area (TPSA) is 42.2 Å². The summed E-state index contributed by atoms with van der Waals surface area (Å²) in [5, 5.41) is 2.90. The van der Waals surface area contributed by atoms with Gasteiger partial charge in [0.1, 0.15) is 5.76 Å². The molecule has 0 radical (unpaired) electrons. The van der Waals surface area contributed by atoms with Crippen molar-refractivity contribution < 1.29 is 9.21 Å². The molecule has 0 fully saturated rings. The Hall–Kier alpha value is -1.07. The fourth-order valence-electron chi connectivity index (χ4n) is 1.45. The van der Waals surface area contributed by atoms with Crippen LogP contribution >= 0.6 is 27.3 Å². The zero-order valence-electron chi connectivity index (χ0n) is 9.49. The second kappa shape index (κ2) is 5.06. The molecule has 0 saturated carbocycles. The molecule has 0 aliphatic heterocycles. The van der Waals surface area contributed by atoms with Crippen LogP contribution in [0.15, 0.2) is 32.7 Å². The summed E-state index contributed by atoms with van der Waals surface area (Å²) in [7, 11) is 0. The Morgan fingerprint density at radius 3 is 2.88 bits per heavy atom. The molecule has 2 aromatic heterocycles. The number of halogens is 1. The van der Waals surface area contributed by atoms with Crippen LogP contribution in [0.25, 0.3) is 0 Å². The molecule has 0 bridgehead atoms. The van der Waals surface area contributed by atoms with Gasteiger partial charge in [-0.25, -0.2) is 0 Å². The molecule has 0 saturated heterocycles. The minimum absolute atomic E-state index is 0.0762. The van der Waals surface area contributed by atoms with E-state index in [1.807, 2.05) is 32.0 Å². The van der Waals surface area contributed by atoms with Crippen LogP contribution in [0.1, 0.15) is 34.0 Å². The van der Waals surface area contributed by atoms with Crippen molar-refractivity contribution in [3.05, 3.63) is 44.4 Å². The van der Waals surface area contributed by atoms with E-state index in [2.05, 4.69) is 21.2 Å². The summed E-state index contributed by atoms with van der Waals surface area (Å²) in [4.78, 5) is 12.7. The number of aryl methyl sites for hydroxylation is 1. The van der Waals surface area contributed by atoms with Crippen molar-refractivity contribution in [1.82, 2.24) is 5.32 Å². The molecule has 0 aliphatic carbocycles. The zero-order chi connectivity index (χ0) is 12.4. The molecule has 2 heterocycles. The van der Waals surface area contributed by atoms with Gasteiger partial charge >= 0.3 is 0 Å². The maximum atomic E-state index is 12.0. The third kappa shape index (κ3) is 2.79. The van der Waals surface area contributed by atoms with Crippen LogP contribution in [-0.2, 0) is 0 Å². The molecule has 1 N–H and O–H groups in total. The number of thiophene rings is 1. The lowest BCUT2D eigenvalue weighted by Gasteiger charge is -2.09. The Morgan fingerprint density at radius 1 is 1.59 bits per heavy atom. The van der Waals surface area contributed by atoms with Crippen molar-refractivity contribution in [3.63, 3.8) is 0 Å². The van der Waals surface area contributed by atoms with Gasteiger partial charge in [0.2, 0.25) is 0 Å². The molecule has 1 amide bonds. The van der Waals surface area contributed by atoms with E-state index in [0.29, 0.717) is 4.88 Å². The molecule has 2 aromatic rings. The average molecular weight is 314 g/mol. The maximum Gasteiger partial charge on any atom is 0.261 e. The van der Waals surface area contributed by atoms with E-state index in [9.17, 15) is 4.79 Å². The van der Waals surface area contributed by atoms with E-state index in [4.69, 9.17) is 4.42 Å². The number of furan rings is 1. The van der Waals surface area contributed by atoms with Gasteiger partial charge in [0, 0.05) is 0 Å². The summed E-state index contributed by atoms with van der Waals surface area (Å²) in [6.07, 6.45) is 1.60. The minimum atomic E-state index is -0.126. The molecule has 1 unspecified atom stereocenters. The Balaban J connectivity index is 2.07. The van der Waals surface area contributed by atoms with E-state index >= 15 is 0 Å². The number of carbonyl (C=O) groups is 1. The predicted molar refractivity (Wildman–Crippen MR) is 71.3 cm³/mol. The first kappa shape index (κ1) is 12.4. The zero-order valence-corrected chi connectivity index (χ0v) is 11.9. The maximum absolute atomic E-state index is 12.0. The van der Waals surface area contributed by atoms with Crippen molar-refractivity contribution in [2.75, 3.05) is 0 Å². The summed E-state index contributed by atoms with van der Waals surface area (Å²) in [5.41, 5.74) is 1.07. The van der Waals surface area contributed by atoms with Gasteiger partial charge in [-0.15, -0.1) is 11.3 Å². The number of nitrogens with one attached hydrogen (secondary N) is 1. The molecule has 0 spiro atoms. The van der Waals surface area contributed by atoms with Gasteiger partial charge in [0.05, 0.1) is 21.0 Å². The first-order chi connectivity index (χ1) is 8.08. The van der Waals surface area contributed by atoms with Gasteiger partial charge in [-0.05, 0) is 53.5 Å². The van der Waals surface area contributed by atoms with E-state index in [0.717, 1.165) is 15.1 Å². The molecule has 1 atom stereocenters. The van der Waals surface area contributed by atoms with E-state index < -0.39 is 0 Å². The highest BCUT2D eigenvalue weighted by Gasteiger charge is 2.15. The van der Waals surface area contributed by atoms with Crippen LogP contribution in [0.4, 0.5) is 0 Å². The minimum Gasteiger partial charge on any atom is -0.467 e. The quantitative estimate of drug-likeness (QED) is 0.933. The Bertz CT molecular complexity index is 499. The van der Waals surface area contributed by atoms with Crippen LogP contribution < -0.4 is 5.32 Å². The largest absolute Gasteiger partial charge is 0.467 e. The van der Waals surface area contributed by atoms with Crippen molar-refractivity contribution in [2.45, 2.75) is 19.9 Å². The van der Waals surface area contributed by atoms with E-state index in [1.54, 1.807) is 6.26 Å². The van der Waals surface area contributed by atoms with Gasteiger partial charge in [0.25, 0.3) is 5.91 Å². The van der Waals surface area contributed by atoms with E-state index in [-0.39, 0.29) is 11.9 Å². The molecule has 0 aromatic carbocycles. The lowest BCUT2D eigenvalue weighted by Crippen LogP contribution is -2.25. The summed E-state index contributed by atoms with van der Waals surface area (Å²) >= 11 is 4.85. The highest BCUT2D eigenvalue weighted by atomic mass is 79.9. The summed E-state index contributed by atoms with van der Waals surface area (Å²) in [6, 6.07) is 5.40. The normalized spacial score (nSPS) is 12.4. The Kier molecular flexibility index (Phi) is 3.69. The summed E-state index contributed by atoms with van der Waals surface area (Å²) < 4.78 is 6.23. The first-order valence-corrected chi connectivity index (χ1v) is 6.79. The Morgan fingerprint density at radius 2 is 2.35 bits per heavy atom. The van der Waals surface area contributed by atoms with Crippen LogP contribution in [0, 0.1) is 6.92 Å². The Labute approximate surface area is 112 Å². The molecule has 17 heavy (non-hydrogen) atoms. The molecular weight excluding hydrogens is 302 g/mol. The number of rotatable bonds is 3. The number of hydrogen-bond acceptors (Lipinski definition) is 3. The monoisotopic (exact) mass is 313 g/mol. The number of amides is 1. The van der Waals surface area contributed by atoms with Crippen molar-refractivity contribution >= 4 is 33.2 Å². The summed E-state index contributed by atoms with van der Waals surface area (Å²) in [5.74, 6) is 0.679. The summed E-state index contributed by atoms with van der Waals surface area (Å²) in [6.45, 7) is 3.86. The second-order valence-corrected chi connectivity index (χ2v) is 6.15. The van der Waals surface area contributed by atoms with Crippen molar-refractivity contribution in [1.29, 1.82) is 0 Å². The lowest BCUT2D eigenvalue weighted by molar-refractivity contribution is 0.0939.